The number of likely N-dealkylation sites (tertiary alicyclic amines) is 1. The van der Waals surface area contributed by atoms with Crippen LogP contribution in [0.3, 0.4) is 0 Å². The Morgan fingerprint density at radius 1 is 1.52 bits per heavy atom. The number of carbonyl (C=O) groups is 2. The minimum absolute atomic E-state index is 0.00758. The third-order valence-corrected chi connectivity index (χ3v) is 4.44. The predicted octanol–water partition coefficient (Wildman–Crippen LogP) is 0.656. The van der Waals surface area contributed by atoms with E-state index in [2.05, 4.69) is 17.2 Å². The van der Waals surface area contributed by atoms with Gasteiger partial charge >= 0.3 is 0 Å². The molecule has 1 aromatic heterocycles. The van der Waals surface area contributed by atoms with Gasteiger partial charge in [0.1, 0.15) is 0 Å². The summed E-state index contributed by atoms with van der Waals surface area (Å²) in [6.07, 6.45) is 1.69. The lowest BCUT2D eigenvalue weighted by Gasteiger charge is -2.31. The second kappa shape index (κ2) is 7.25. The summed E-state index contributed by atoms with van der Waals surface area (Å²) in [5.74, 6) is 5.58. The SMILES string of the molecule is CNC(=O)C1CCCN(C(=O)c2ccc(C#CCN)s2)C1. The molecule has 0 aromatic carbocycles. The maximum Gasteiger partial charge on any atom is 0.263 e. The van der Waals surface area contributed by atoms with Gasteiger partial charge in [-0.1, -0.05) is 11.8 Å². The molecule has 6 heteroatoms. The number of hydrogen-bond donors (Lipinski definition) is 2. The van der Waals surface area contributed by atoms with Crippen LogP contribution in [0.2, 0.25) is 0 Å². The van der Waals surface area contributed by atoms with Gasteiger partial charge in [-0.2, -0.15) is 0 Å². The lowest BCUT2D eigenvalue weighted by Crippen LogP contribution is -2.44. The molecule has 112 valence electrons. The van der Waals surface area contributed by atoms with E-state index in [-0.39, 0.29) is 17.7 Å². The third kappa shape index (κ3) is 3.84. The number of piperidine rings is 1. The molecular formula is C15H19N3O2S. The average molecular weight is 305 g/mol. The Balaban J connectivity index is 2.05. The van der Waals surface area contributed by atoms with E-state index in [1.54, 1.807) is 18.0 Å². The second-order valence-corrected chi connectivity index (χ2v) is 5.96. The first-order valence-electron chi connectivity index (χ1n) is 6.95. The maximum atomic E-state index is 12.5. The van der Waals surface area contributed by atoms with Crippen molar-refractivity contribution in [3.05, 3.63) is 21.9 Å². The smallest absolute Gasteiger partial charge is 0.263 e. The van der Waals surface area contributed by atoms with E-state index < -0.39 is 0 Å². The first-order chi connectivity index (χ1) is 10.2. The molecule has 0 aliphatic carbocycles. The monoisotopic (exact) mass is 305 g/mol. The van der Waals surface area contributed by atoms with Crippen LogP contribution in [-0.4, -0.2) is 43.4 Å². The third-order valence-electron chi connectivity index (χ3n) is 3.46. The van der Waals surface area contributed by atoms with Crippen LogP contribution >= 0.6 is 11.3 Å². The Bertz CT molecular complexity index is 585. The van der Waals surface area contributed by atoms with Gasteiger partial charge in [0.15, 0.2) is 0 Å². The normalized spacial score (nSPS) is 17.8. The van der Waals surface area contributed by atoms with E-state index in [1.807, 2.05) is 6.07 Å². The molecule has 2 heterocycles. The van der Waals surface area contributed by atoms with Crippen molar-refractivity contribution in [2.24, 2.45) is 11.7 Å². The molecule has 0 radical (unpaired) electrons. The average Bonchev–Trinajstić information content (AvgIpc) is 3.00. The Kier molecular flexibility index (Phi) is 5.37. The molecule has 1 unspecified atom stereocenters. The number of nitrogens with one attached hydrogen (secondary N) is 1. The summed E-state index contributed by atoms with van der Waals surface area (Å²) in [6.45, 7) is 1.50. The van der Waals surface area contributed by atoms with E-state index in [0.717, 1.165) is 17.7 Å². The van der Waals surface area contributed by atoms with E-state index in [1.165, 1.54) is 11.3 Å². The molecule has 1 aliphatic heterocycles. The number of carbonyl (C=O) groups excluding carboxylic acids is 2. The number of nitrogens with two attached hydrogens (primary N) is 1. The summed E-state index contributed by atoms with van der Waals surface area (Å²) >= 11 is 1.37. The number of thiophene rings is 1. The van der Waals surface area contributed by atoms with Gasteiger partial charge in [-0.25, -0.2) is 0 Å². The topological polar surface area (TPSA) is 75.4 Å². The largest absolute Gasteiger partial charge is 0.359 e. The summed E-state index contributed by atoms with van der Waals surface area (Å²) in [4.78, 5) is 27.4. The Morgan fingerprint density at radius 3 is 3.05 bits per heavy atom. The highest BCUT2D eigenvalue weighted by Crippen LogP contribution is 2.22. The van der Waals surface area contributed by atoms with Crippen LogP contribution in [0.25, 0.3) is 0 Å². The van der Waals surface area contributed by atoms with Gasteiger partial charge in [-0.3, -0.25) is 9.59 Å². The highest BCUT2D eigenvalue weighted by atomic mass is 32.1. The molecule has 21 heavy (non-hydrogen) atoms. The molecule has 1 atom stereocenters. The van der Waals surface area contributed by atoms with E-state index >= 15 is 0 Å². The van der Waals surface area contributed by atoms with Crippen molar-refractivity contribution >= 4 is 23.2 Å². The number of hydrogen-bond acceptors (Lipinski definition) is 4. The van der Waals surface area contributed by atoms with Crippen LogP contribution in [0.15, 0.2) is 12.1 Å². The van der Waals surface area contributed by atoms with Crippen molar-refractivity contribution in [1.29, 1.82) is 0 Å². The number of rotatable bonds is 2. The zero-order chi connectivity index (χ0) is 15.2. The zero-order valence-corrected chi connectivity index (χ0v) is 12.8. The first-order valence-corrected chi connectivity index (χ1v) is 7.77. The number of nitrogens with zero attached hydrogens (tertiary/aromatic N) is 1. The van der Waals surface area contributed by atoms with Gasteiger partial charge in [-0.15, -0.1) is 11.3 Å². The zero-order valence-electron chi connectivity index (χ0n) is 12.0. The molecule has 5 nitrogen and oxygen atoms in total. The van der Waals surface area contributed by atoms with Crippen molar-refractivity contribution in [2.75, 3.05) is 26.7 Å². The Morgan fingerprint density at radius 2 is 2.33 bits per heavy atom. The lowest BCUT2D eigenvalue weighted by atomic mass is 9.97. The fourth-order valence-electron chi connectivity index (χ4n) is 2.39. The molecule has 0 bridgehead atoms. The number of amides is 2. The second-order valence-electron chi connectivity index (χ2n) is 4.87. The fraction of sp³-hybridized carbons (Fsp3) is 0.467. The molecule has 2 rings (SSSR count). The van der Waals surface area contributed by atoms with Crippen LogP contribution in [0, 0.1) is 17.8 Å². The lowest BCUT2D eigenvalue weighted by molar-refractivity contribution is -0.125. The molecule has 3 N–H and O–H groups in total. The molecule has 0 saturated carbocycles. The quantitative estimate of drug-likeness (QED) is 0.788. The minimum atomic E-state index is -0.107. The molecule has 0 spiro atoms. The van der Waals surface area contributed by atoms with Gasteiger partial charge in [0.25, 0.3) is 5.91 Å². The first kappa shape index (κ1) is 15.5. The molecular weight excluding hydrogens is 286 g/mol. The summed E-state index contributed by atoms with van der Waals surface area (Å²) in [5.41, 5.74) is 5.33. The molecule has 1 aromatic rings. The Hall–Kier alpha value is -1.84. The van der Waals surface area contributed by atoms with Crippen LogP contribution in [0.5, 0.6) is 0 Å². The van der Waals surface area contributed by atoms with E-state index in [0.29, 0.717) is 24.5 Å². The van der Waals surface area contributed by atoms with Crippen molar-refractivity contribution in [1.82, 2.24) is 10.2 Å². The van der Waals surface area contributed by atoms with Crippen molar-refractivity contribution in [2.45, 2.75) is 12.8 Å². The summed E-state index contributed by atoms with van der Waals surface area (Å²) in [6, 6.07) is 3.62. The highest BCUT2D eigenvalue weighted by molar-refractivity contribution is 7.14. The standard InChI is InChI=1S/C15H19N3O2S/c1-17-14(19)11-4-3-9-18(10-11)15(20)13-7-6-12(21-13)5-2-8-16/h6-7,11H,3-4,8-10,16H2,1H3,(H,17,19). The molecule has 1 aliphatic rings. The summed E-state index contributed by atoms with van der Waals surface area (Å²) < 4.78 is 0. The molecule has 2 amide bonds. The Labute approximate surface area is 128 Å². The fourth-order valence-corrected chi connectivity index (χ4v) is 3.24. The van der Waals surface area contributed by atoms with Crippen LogP contribution in [-0.2, 0) is 4.79 Å². The molecule has 1 saturated heterocycles. The molecule has 1 fully saturated rings. The van der Waals surface area contributed by atoms with Gasteiger partial charge < -0.3 is 16.0 Å². The van der Waals surface area contributed by atoms with Gasteiger partial charge in [0, 0.05) is 20.1 Å². The summed E-state index contributed by atoms with van der Waals surface area (Å²) in [7, 11) is 1.63. The van der Waals surface area contributed by atoms with E-state index in [9.17, 15) is 9.59 Å². The van der Waals surface area contributed by atoms with Crippen LogP contribution in [0.1, 0.15) is 27.4 Å². The summed E-state index contributed by atoms with van der Waals surface area (Å²) in [5, 5.41) is 2.66. The maximum absolute atomic E-state index is 12.5. The van der Waals surface area contributed by atoms with E-state index in [4.69, 9.17) is 5.73 Å². The van der Waals surface area contributed by atoms with Crippen LogP contribution < -0.4 is 11.1 Å². The van der Waals surface area contributed by atoms with Gasteiger partial charge in [0.05, 0.1) is 22.2 Å². The predicted molar refractivity (Wildman–Crippen MR) is 82.9 cm³/mol. The van der Waals surface area contributed by atoms with Crippen molar-refractivity contribution in [3.8, 4) is 11.8 Å². The van der Waals surface area contributed by atoms with Crippen LogP contribution in [0.4, 0.5) is 0 Å². The van der Waals surface area contributed by atoms with Crippen molar-refractivity contribution < 1.29 is 9.59 Å². The van der Waals surface area contributed by atoms with Gasteiger partial charge in [0.2, 0.25) is 5.91 Å². The van der Waals surface area contributed by atoms with Gasteiger partial charge in [-0.05, 0) is 25.0 Å². The highest BCUT2D eigenvalue weighted by Gasteiger charge is 2.28. The minimum Gasteiger partial charge on any atom is -0.359 e. The van der Waals surface area contributed by atoms with Crippen molar-refractivity contribution in [3.63, 3.8) is 0 Å².